The minimum absolute atomic E-state index is 0.0764. The normalized spacial score (nSPS) is 15.8. The maximum absolute atomic E-state index is 12.4. The van der Waals surface area contributed by atoms with Gasteiger partial charge in [0.15, 0.2) is 0 Å². The van der Waals surface area contributed by atoms with Crippen LogP contribution in [0, 0.1) is 0 Å². The maximum Gasteiger partial charge on any atom is 0.410 e. The van der Waals surface area contributed by atoms with Crippen molar-refractivity contribution in [3.8, 4) is 0 Å². The van der Waals surface area contributed by atoms with Crippen LogP contribution in [-0.4, -0.2) is 48.7 Å². The van der Waals surface area contributed by atoms with Crippen LogP contribution in [0.2, 0.25) is 5.02 Å². The molecule has 1 atom stereocenters. The van der Waals surface area contributed by atoms with E-state index in [9.17, 15) is 9.59 Å². The van der Waals surface area contributed by atoms with Crippen LogP contribution < -0.4 is 4.90 Å². The predicted octanol–water partition coefficient (Wildman–Crippen LogP) is 5.85. The minimum Gasteiger partial charge on any atom is -0.461 e. The SMILES string of the molecule is CN(C(=O)OC(C)(C)C)[C@@H]1CCN(c2ccc(CCCC(=O)OCc3ccccc3)cc2Cl)C1. The van der Waals surface area contributed by atoms with Crippen LogP contribution in [0.5, 0.6) is 0 Å². The number of benzene rings is 2. The molecule has 0 saturated carbocycles. The number of hydrogen-bond donors (Lipinski definition) is 0. The zero-order chi connectivity index (χ0) is 24.7. The molecule has 1 fully saturated rings. The molecule has 0 radical (unpaired) electrons. The number of hydrogen-bond acceptors (Lipinski definition) is 5. The molecule has 3 rings (SSSR count). The Balaban J connectivity index is 1.45. The topological polar surface area (TPSA) is 59.1 Å². The average molecular weight is 487 g/mol. The molecule has 0 aromatic heterocycles. The number of carbonyl (C=O) groups is 2. The molecule has 1 amide bonds. The first-order valence-electron chi connectivity index (χ1n) is 11.8. The summed E-state index contributed by atoms with van der Waals surface area (Å²) < 4.78 is 10.8. The summed E-state index contributed by atoms with van der Waals surface area (Å²) in [5.74, 6) is -0.191. The third-order valence-electron chi connectivity index (χ3n) is 5.83. The lowest BCUT2D eigenvalue weighted by atomic mass is 10.1. The predicted molar refractivity (Wildman–Crippen MR) is 135 cm³/mol. The monoisotopic (exact) mass is 486 g/mol. The molecule has 34 heavy (non-hydrogen) atoms. The van der Waals surface area contributed by atoms with Gasteiger partial charge in [-0.1, -0.05) is 48.0 Å². The van der Waals surface area contributed by atoms with E-state index < -0.39 is 5.60 Å². The van der Waals surface area contributed by atoms with Gasteiger partial charge in [-0.05, 0) is 63.3 Å². The standard InChI is InChI=1S/C27H35ClN2O4/c1-27(2,3)34-26(32)29(4)22-15-16-30(18-22)24-14-13-20(17-23(24)28)11-8-12-25(31)33-19-21-9-6-5-7-10-21/h5-7,9-10,13-14,17,22H,8,11-12,15-16,18-19H2,1-4H3/t22-/m1/s1. The van der Waals surface area contributed by atoms with Crippen LogP contribution in [0.1, 0.15) is 51.2 Å². The van der Waals surface area contributed by atoms with Crippen molar-refractivity contribution in [2.45, 2.75) is 64.7 Å². The van der Waals surface area contributed by atoms with Crippen LogP contribution in [-0.2, 0) is 27.3 Å². The first kappa shape index (κ1) is 25.9. The molecular formula is C27H35ClN2O4. The molecule has 184 valence electrons. The molecule has 0 aliphatic carbocycles. The van der Waals surface area contributed by atoms with Crippen LogP contribution in [0.15, 0.2) is 48.5 Å². The molecule has 6 nitrogen and oxygen atoms in total. The molecule has 2 aromatic rings. The van der Waals surface area contributed by atoms with E-state index in [0.29, 0.717) is 31.0 Å². The number of rotatable bonds is 8. The van der Waals surface area contributed by atoms with Gasteiger partial charge in [-0.3, -0.25) is 4.79 Å². The Morgan fingerprint density at radius 1 is 1.12 bits per heavy atom. The van der Waals surface area contributed by atoms with Crippen molar-refractivity contribution in [2.75, 3.05) is 25.0 Å². The van der Waals surface area contributed by atoms with Crippen molar-refractivity contribution in [1.29, 1.82) is 0 Å². The van der Waals surface area contributed by atoms with Crippen molar-refractivity contribution in [3.05, 3.63) is 64.7 Å². The smallest absolute Gasteiger partial charge is 0.410 e. The zero-order valence-electron chi connectivity index (χ0n) is 20.6. The fourth-order valence-corrected chi connectivity index (χ4v) is 4.29. The van der Waals surface area contributed by atoms with Crippen molar-refractivity contribution in [3.63, 3.8) is 0 Å². The Bertz CT molecular complexity index is 974. The third-order valence-corrected chi connectivity index (χ3v) is 6.14. The molecule has 0 spiro atoms. The summed E-state index contributed by atoms with van der Waals surface area (Å²) in [6, 6.07) is 15.8. The van der Waals surface area contributed by atoms with Crippen molar-refractivity contribution in [2.24, 2.45) is 0 Å². The molecule has 0 unspecified atom stereocenters. The zero-order valence-corrected chi connectivity index (χ0v) is 21.3. The molecule has 7 heteroatoms. The number of likely N-dealkylation sites (N-methyl/N-ethyl adjacent to an activating group) is 1. The average Bonchev–Trinajstić information content (AvgIpc) is 3.26. The summed E-state index contributed by atoms with van der Waals surface area (Å²) in [6.45, 7) is 7.45. The van der Waals surface area contributed by atoms with E-state index in [0.717, 1.165) is 36.2 Å². The second-order valence-corrected chi connectivity index (χ2v) is 10.2. The van der Waals surface area contributed by atoms with Gasteiger partial charge >= 0.3 is 12.1 Å². The fourth-order valence-electron chi connectivity index (χ4n) is 3.97. The van der Waals surface area contributed by atoms with Gasteiger partial charge in [0, 0.05) is 26.6 Å². The summed E-state index contributed by atoms with van der Waals surface area (Å²) in [6.07, 6.45) is 2.39. The Hall–Kier alpha value is -2.73. The van der Waals surface area contributed by atoms with Gasteiger partial charge in [-0.15, -0.1) is 0 Å². The van der Waals surface area contributed by atoms with Crippen LogP contribution >= 0.6 is 11.6 Å². The second kappa shape index (κ2) is 11.6. The van der Waals surface area contributed by atoms with Gasteiger partial charge in [0.2, 0.25) is 0 Å². The number of nitrogens with zero attached hydrogens (tertiary/aromatic N) is 2. The number of anilines is 1. The Morgan fingerprint density at radius 3 is 2.53 bits per heavy atom. The van der Waals surface area contributed by atoms with Crippen molar-refractivity contribution < 1.29 is 19.1 Å². The highest BCUT2D eigenvalue weighted by Crippen LogP contribution is 2.31. The van der Waals surface area contributed by atoms with Gasteiger partial charge in [-0.25, -0.2) is 4.79 Å². The van der Waals surface area contributed by atoms with Gasteiger partial charge in [0.1, 0.15) is 12.2 Å². The summed E-state index contributed by atoms with van der Waals surface area (Å²) >= 11 is 6.61. The Labute approximate surface area is 207 Å². The number of carbonyl (C=O) groups excluding carboxylic acids is 2. The highest BCUT2D eigenvalue weighted by atomic mass is 35.5. The molecule has 1 aliphatic rings. The quantitative estimate of drug-likeness (QED) is 0.438. The van der Waals surface area contributed by atoms with Crippen LogP contribution in [0.3, 0.4) is 0 Å². The Morgan fingerprint density at radius 2 is 1.85 bits per heavy atom. The van der Waals surface area contributed by atoms with Gasteiger partial charge in [-0.2, -0.15) is 0 Å². The van der Waals surface area contributed by atoms with E-state index in [2.05, 4.69) is 11.0 Å². The molecule has 1 aliphatic heterocycles. The first-order valence-corrected chi connectivity index (χ1v) is 12.2. The largest absolute Gasteiger partial charge is 0.461 e. The molecule has 0 bridgehead atoms. The van der Waals surface area contributed by atoms with E-state index in [-0.39, 0.29) is 18.1 Å². The van der Waals surface area contributed by atoms with Gasteiger partial charge in [0.25, 0.3) is 0 Å². The van der Waals surface area contributed by atoms with E-state index in [1.807, 2.05) is 63.2 Å². The van der Waals surface area contributed by atoms with Crippen LogP contribution in [0.4, 0.5) is 10.5 Å². The third kappa shape index (κ3) is 7.66. The number of esters is 1. The summed E-state index contributed by atoms with van der Waals surface area (Å²) in [7, 11) is 1.79. The number of amides is 1. The van der Waals surface area contributed by atoms with Crippen molar-refractivity contribution in [1.82, 2.24) is 4.90 Å². The lowest BCUT2D eigenvalue weighted by Crippen LogP contribution is -2.42. The van der Waals surface area contributed by atoms with E-state index >= 15 is 0 Å². The first-order chi connectivity index (χ1) is 16.1. The highest BCUT2D eigenvalue weighted by Gasteiger charge is 2.31. The number of ether oxygens (including phenoxy) is 2. The van der Waals surface area contributed by atoms with Crippen molar-refractivity contribution >= 4 is 29.4 Å². The molecule has 2 aromatic carbocycles. The highest BCUT2D eigenvalue weighted by molar-refractivity contribution is 6.33. The van der Waals surface area contributed by atoms with E-state index in [1.54, 1.807) is 11.9 Å². The van der Waals surface area contributed by atoms with Crippen LogP contribution in [0.25, 0.3) is 0 Å². The maximum atomic E-state index is 12.4. The van der Waals surface area contributed by atoms with Gasteiger partial charge in [0.05, 0.1) is 16.8 Å². The summed E-state index contributed by atoms with van der Waals surface area (Å²) in [4.78, 5) is 28.3. The lowest BCUT2D eigenvalue weighted by molar-refractivity contribution is -0.145. The van der Waals surface area contributed by atoms with E-state index in [4.69, 9.17) is 21.1 Å². The number of halogens is 1. The molecule has 1 saturated heterocycles. The molecule has 1 heterocycles. The summed E-state index contributed by atoms with van der Waals surface area (Å²) in [5.41, 5.74) is 2.53. The second-order valence-electron chi connectivity index (χ2n) is 9.77. The minimum atomic E-state index is -0.512. The number of aryl methyl sites for hydroxylation is 1. The van der Waals surface area contributed by atoms with Gasteiger partial charge < -0.3 is 19.3 Å². The fraction of sp³-hybridized carbons (Fsp3) is 0.481. The Kier molecular flexibility index (Phi) is 8.84. The molecule has 0 N–H and O–H groups in total. The van der Waals surface area contributed by atoms with E-state index in [1.165, 1.54) is 0 Å². The lowest BCUT2D eigenvalue weighted by Gasteiger charge is -2.29. The summed E-state index contributed by atoms with van der Waals surface area (Å²) in [5, 5.41) is 0.685. The molecular weight excluding hydrogens is 452 g/mol.